The normalized spacial score (nSPS) is 10.9. The van der Waals surface area contributed by atoms with Gasteiger partial charge in [-0.15, -0.1) is 0 Å². The van der Waals surface area contributed by atoms with Crippen molar-refractivity contribution in [3.63, 3.8) is 0 Å². The molecule has 0 aliphatic heterocycles. The minimum Gasteiger partial charge on any atom is -0.399 e. The molecule has 0 fully saturated rings. The van der Waals surface area contributed by atoms with E-state index in [4.69, 9.17) is 5.73 Å². The van der Waals surface area contributed by atoms with Crippen LogP contribution in [0.2, 0.25) is 0 Å². The standard InChI is InChI=1S/C19H23N3O/c1-13(14-5-9-16(10-6-14)19(2,3)4)21-22-18(23)15-7-11-17(20)12-8-15/h5-12,21H,1,20H2,2-4H3,(H,22,23). The summed E-state index contributed by atoms with van der Waals surface area (Å²) in [4.78, 5) is 12.0. The predicted octanol–water partition coefficient (Wildman–Crippen LogP) is 3.47. The van der Waals surface area contributed by atoms with Gasteiger partial charge in [0.25, 0.3) is 5.91 Å². The fraction of sp³-hybridized carbons (Fsp3) is 0.211. The van der Waals surface area contributed by atoms with E-state index in [0.29, 0.717) is 16.9 Å². The van der Waals surface area contributed by atoms with E-state index in [1.165, 1.54) is 5.56 Å². The molecule has 0 bridgehead atoms. The molecule has 0 aromatic heterocycles. The van der Waals surface area contributed by atoms with Crippen LogP contribution in [0.1, 0.15) is 42.3 Å². The highest BCUT2D eigenvalue weighted by atomic mass is 16.2. The van der Waals surface area contributed by atoms with Crippen LogP contribution in [0.15, 0.2) is 55.1 Å². The van der Waals surface area contributed by atoms with Crippen LogP contribution in [0.4, 0.5) is 5.69 Å². The van der Waals surface area contributed by atoms with Crippen LogP contribution in [-0.4, -0.2) is 5.91 Å². The maximum absolute atomic E-state index is 12.0. The number of nitrogen functional groups attached to an aromatic ring is 1. The first-order valence-electron chi connectivity index (χ1n) is 7.49. The molecular weight excluding hydrogens is 286 g/mol. The van der Waals surface area contributed by atoms with Gasteiger partial charge in [0, 0.05) is 11.3 Å². The molecule has 2 rings (SSSR count). The number of hydrogen-bond donors (Lipinski definition) is 3. The zero-order valence-electron chi connectivity index (χ0n) is 13.8. The Morgan fingerprint density at radius 3 is 1.96 bits per heavy atom. The van der Waals surface area contributed by atoms with Crippen molar-refractivity contribution in [1.82, 2.24) is 10.9 Å². The molecule has 0 radical (unpaired) electrons. The molecule has 0 spiro atoms. The molecule has 2 aromatic rings. The van der Waals surface area contributed by atoms with Gasteiger partial charge in [0.05, 0.1) is 5.70 Å². The van der Waals surface area contributed by atoms with E-state index >= 15 is 0 Å². The lowest BCUT2D eigenvalue weighted by molar-refractivity contribution is 0.0942. The van der Waals surface area contributed by atoms with Crippen molar-refractivity contribution in [3.8, 4) is 0 Å². The maximum atomic E-state index is 12.0. The molecule has 0 heterocycles. The van der Waals surface area contributed by atoms with Gasteiger partial charge in [-0.05, 0) is 40.8 Å². The second kappa shape index (κ2) is 6.57. The first-order valence-corrected chi connectivity index (χ1v) is 7.49. The van der Waals surface area contributed by atoms with E-state index in [1.807, 2.05) is 12.1 Å². The van der Waals surface area contributed by atoms with Crippen LogP contribution in [0.25, 0.3) is 5.70 Å². The number of nitrogens with one attached hydrogen (secondary N) is 2. The van der Waals surface area contributed by atoms with Crippen molar-refractivity contribution in [2.75, 3.05) is 5.73 Å². The molecule has 0 saturated heterocycles. The summed E-state index contributed by atoms with van der Waals surface area (Å²) in [5.41, 5.74) is 15.2. The number of carbonyl (C=O) groups excluding carboxylic acids is 1. The number of hydrogen-bond acceptors (Lipinski definition) is 3. The lowest BCUT2D eigenvalue weighted by atomic mass is 9.86. The molecule has 1 amide bonds. The van der Waals surface area contributed by atoms with E-state index in [2.05, 4.69) is 50.3 Å². The van der Waals surface area contributed by atoms with Crippen LogP contribution < -0.4 is 16.6 Å². The monoisotopic (exact) mass is 309 g/mol. The Morgan fingerprint density at radius 2 is 1.43 bits per heavy atom. The average molecular weight is 309 g/mol. The fourth-order valence-corrected chi connectivity index (χ4v) is 2.08. The Kier molecular flexibility index (Phi) is 4.74. The third-order valence-corrected chi connectivity index (χ3v) is 3.60. The molecule has 0 atom stereocenters. The number of nitrogens with two attached hydrogens (primary N) is 1. The van der Waals surface area contributed by atoms with Gasteiger partial charge in [-0.3, -0.25) is 15.6 Å². The highest BCUT2D eigenvalue weighted by Crippen LogP contribution is 2.23. The summed E-state index contributed by atoms with van der Waals surface area (Å²) >= 11 is 0. The minimum atomic E-state index is -0.238. The molecule has 4 N–H and O–H groups in total. The molecule has 120 valence electrons. The van der Waals surface area contributed by atoms with Crippen LogP contribution in [0.3, 0.4) is 0 Å². The van der Waals surface area contributed by atoms with Gasteiger partial charge in [-0.2, -0.15) is 0 Å². The quantitative estimate of drug-likeness (QED) is 0.598. The second-order valence-electron chi connectivity index (χ2n) is 6.51. The number of benzene rings is 2. The Balaban J connectivity index is 1.97. The average Bonchev–Trinajstić information content (AvgIpc) is 2.52. The molecule has 4 heteroatoms. The Morgan fingerprint density at radius 1 is 0.913 bits per heavy atom. The van der Waals surface area contributed by atoms with Crippen LogP contribution in [0.5, 0.6) is 0 Å². The van der Waals surface area contributed by atoms with Crippen molar-refractivity contribution in [1.29, 1.82) is 0 Å². The molecule has 0 aliphatic carbocycles. The van der Waals surface area contributed by atoms with Gasteiger partial charge in [0.15, 0.2) is 0 Å². The summed E-state index contributed by atoms with van der Waals surface area (Å²) < 4.78 is 0. The van der Waals surface area contributed by atoms with Crippen LogP contribution >= 0.6 is 0 Å². The topological polar surface area (TPSA) is 67.1 Å². The van der Waals surface area contributed by atoms with Gasteiger partial charge >= 0.3 is 0 Å². The Bertz CT molecular complexity index is 695. The minimum absolute atomic E-state index is 0.108. The largest absolute Gasteiger partial charge is 0.399 e. The molecule has 0 unspecified atom stereocenters. The first-order chi connectivity index (χ1) is 10.8. The van der Waals surface area contributed by atoms with E-state index in [-0.39, 0.29) is 11.3 Å². The van der Waals surface area contributed by atoms with E-state index in [9.17, 15) is 4.79 Å². The van der Waals surface area contributed by atoms with Crippen LogP contribution in [-0.2, 0) is 5.41 Å². The highest BCUT2D eigenvalue weighted by Gasteiger charge is 2.13. The third kappa shape index (κ3) is 4.36. The SMILES string of the molecule is C=C(NNC(=O)c1ccc(N)cc1)c1ccc(C(C)(C)C)cc1. The Labute approximate surface area is 137 Å². The predicted molar refractivity (Wildman–Crippen MR) is 95.6 cm³/mol. The summed E-state index contributed by atoms with van der Waals surface area (Å²) in [7, 11) is 0. The number of carbonyl (C=O) groups is 1. The third-order valence-electron chi connectivity index (χ3n) is 3.60. The lowest BCUT2D eigenvalue weighted by Crippen LogP contribution is -2.35. The molecular formula is C19H23N3O. The molecule has 4 nitrogen and oxygen atoms in total. The Hall–Kier alpha value is -2.75. The second-order valence-corrected chi connectivity index (χ2v) is 6.51. The van der Waals surface area contributed by atoms with Gasteiger partial charge in [-0.25, -0.2) is 0 Å². The smallest absolute Gasteiger partial charge is 0.269 e. The van der Waals surface area contributed by atoms with E-state index in [0.717, 1.165) is 5.56 Å². The number of rotatable bonds is 4. The fourth-order valence-electron chi connectivity index (χ4n) is 2.08. The van der Waals surface area contributed by atoms with Gasteiger partial charge in [0.1, 0.15) is 0 Å². The van der Waals surface area contributed by atoms with Crippen molar-refractivity contribution >= 4 is 17.3 Å². The maximum Gasteiger partial charge on any atom is 0.269 e. The van der Waals surface area contributed by atoms with Gasteiger partial charge in [-0.1, -0.05) is 51.6 Å². The molecule has 2 aromatic carbocycles. The van der Waals surface area contributed by atoms with Crippen molar-refractivity contribution < 1.29 is 4.79 Å². The van der Waals surface area contributed by atoms with E-state index in [1.54, 1.807) is 24.3 Å². The summed E-state index contributed by atoms with van der Waals surface area (Å²) in [5, 5.41) is 0. The molecule has 0 saturated carbocycles. The molecule has 23 heavy (non-hydrogen) atoms. The van der Waals surface area contributed by atoms with Crippen molar-refractivity contribution in [2.45, 2.75) is 26.2 Å². The number of anilines is 1. The van der Waals surface area contributed by atoms with Gasteiger partial charge in [0.2, 0.25) is 0 Å². The summed E-state index contributed by atoms with van der Waals surface area (Å²) in [5.74, 6) is -0.238. The lowest BCUT2D eigenvalue weighted by Gasteiger charge is -2.19. The molecule has 0 aliphatic rings. The van der Waals surface area contributed by atoms with Gasteiger partial charge < -0.3 is 5.73 Å². The van der Waals surface area contributed by atoms with Crippen LogP contribution in [0, 0.1) is 0 Å². The first kappa shape index (κ1) is 16.6. The highest BCUT2D eigenvalue weighted by molar-refractivity contribution is 5.94. The zero-order valence-corrected chi connectivity index (χ0v) is 13.8. The number of hydrazine groups is 1. The summed E-state index contributed by atoms with van der Waals surface area (Å²) in [6.45, 7) is 10.5. The van der Waals surface area contributed by atoms with Crippen molar-refractivity contribution in [3.05, 3.63) is 71.8 Å². The summed E-state index contributed by atoms with van der Waals surface area (Å²) in [6, 6.07) is 14.9. The number of amides is 1. The van der Waals surface area contributed by atoms with Crippen molar-refractivity contribution in [2.24, 2.45) is 0 Å². The zero-order chi connectivity index (χ0) is 17.0. The van der Waals surface area contributed by atoms with E-state index < -0.39 is 0 Å². The summed E-state index contributed by atoms with van der Waals surface area (Å²) in [6.07, 6.45) is 0.